The molecule has 96 valence electrons. The summed E-state index contributed by atoms with van der Waals surface area (Å²) in [6, 6.07) is 0. The number of allylic oxidation sites excluding steroid dienone is 3. The van der Waals surface area contributed by atoms with Crippen LogP contribution < -0.4 is 0 Å². The van der Waals surface area contributed by atoms with Crippen LogP contribution in [0.3, 0.4) is 0 Å². The quantitative estimate of drug-likeness (QED) is 0.616. The SMILES string of the molecule is C=C1C=CC(=O)C2(C)CC3OC(=O)C(C)C3CC12. The Morgan fingerprint density at radius 2 is 2.11 bits per heavy atom. The van der Waals surface area contributed by atoms with E-state index in [2.05, 4.69) is 6.58 Å². The van der Waals surface area contributed by atoms with Crippen molar-refractivity contribution >= 4 is 11.8 Å². The highest BCUT2D eigenvalue weighted by molar-refractivity contribution is 5.97. The first kappa shape index (κ1) is 11.7. The number of rotatable bonds is 0. The molecule has 1 heterocycles. The Kier molecular flexibility index (Phi) is 2.31. The van der Waals surface area contributed by atoms with Crippen LogP contribution in [0.15, 0.2) is 24.3 Å². The minimum atomic E-state index is -0.433. The summed E-state index contributed by atoms with van der Waals surface area (Å²) in [6.45, 7) is 7.99. The summed E-state index contributed by atoms with van der Waals surface area (Å²) in [6.07, 6.45) is 4.84. The summed E-state index contributed by atoms with van der Waals surface area (Å²) in [5, 5.41) is 0. The van der Waals surface area contributed by atoms with Crippen molar-refractivity contribution < 1.29 is 14.3 Å². The lowest BCUT2D eigenvalue weighted by atomic mass is 9.56. The predicted molar refractivity (Wildman–Crippen MR) is 66.7 cm³/mol. The third-order valence-electron chi connectivity index (χ3n) is 5.12. The molecule has 18 heavy (non-hydrogen) atoms. The molecule has 1 saturated heterocycles. The molecule has 0 spiro atoms. The number of hydrogen-bond donors (Lipinski definition) is 0. The van der Waals surface area contributed by atoms with E-state index < -0.39 is 5.41 Å². The third kappa shape index (κ3) is 1.36. The van der Waals surface area contributed by atoms with Crippen molar-refractivity contribution in [1.29, 1.82) is 0 Å². The van der Waals surface area contributed by atoms with Crippen LogP contribution >= 0.6 is 0 Å². The van der Waals surface area contributed by atoms with Gasteiger partial charge >= 0.3 is 5.97 Å². The first-order valence-electron chi connectivity index (χ1n) is 6.55. The zero-order chi connectivity index (χ0) is 13.1. The standard InChI is InChI=1S/C15H18O3/c1-8-4-5-13(16)15(3)7-12-10(6-11(8)15)9(2)14(17)18-12/h4-5,9-12H,1,6-7H2,2-3H3. The van der Waals surface area contributed by atoms with Gasteiger partial charge in [0, 0.05) is 11.3 Å². The van der Waals surface area contributed by atoms with E-state index in [1.165, 1.54) is 0 Å². The normalized spacial score (nSPS) is 46.7. The van der Waals surface area contributed by atoms with E-state index in [9.17, 15) is 9.59 Å². The molecule has 1 aliphatic heterocycles. The van der Waals surface area contributed by atoms with Crippen molar-refractivity contribution in [1.82, 2.24) is 0 Å². The van der Waals surface area contributed by atoms with Crippen molar-refractivity contribution in [2.24, 2.45) is 23.2 Å². The molecule has 1 saturated carbocycles. The molecule has 5 atom stereocenters. The Bertz CT molecular complexity index is 476. The average molecular weight is 246 g/mol. The summed E-state index contributed by atoms with van der Waals surface area (Å²) in [4.78, 5) is 23.8. The van der Waals surface area contributed by atoms with Gasteiger partial charge in [-0.1, -0.05) is 32.1 Å². The molecule has 5 unspecified atom stereocenters. The first-order valence-corrected chi connectivity index (χ1v) is 6.55. The van der Waals surface area contributed by atoms with Gasteiger partial charge in [-0.15, -0.1) is 0 Å². The highest BCUT2D eigenvalue weighted by Gasteiger charge is 2.56. The van der Waals surface area contributed by atoms with Crippen LogP contribution in [0.4, 0.5) is 0 Å². The number of ketones is 1. The largest absolute Gasteiger partial charge is 0.462 e. The second kappa shape index (κ2) is 3.56. The van der Waals surface area contributed by atoms with Gasteiger partial charge in [0.25, 0.3) is 0 Å². The topological polar surface area (TPSA) is 43.4 Å². The Morgan fingerprint density at radius 1 is 1.39 bits per heavy atom. The van der Waals surface area contributed by atoms with E-state index in [0.29, 0.717) is 6.42 Å². The van der Waals surface area contributed by atoms with Crippen molar-refractivity contribution in [2.45, 2.75) is 32.8 Å². The smallest absolute Gasteiger partial charge is 0.309 e. The van der Waals surface area contributed by atoms with Crippen molar-refractivity contribution in [3.63, 3.8) is 0 Å². The molecule has 0 aromatic carbocycles. The van der Waals surface area contributed by atoms with E-state index in [4.69, 9.17) is 4.74 Å². The molecule has 0 bridgehead atoms. The minimum absolute atomic E-state index is 0.0478. The van der Waals surface area contributed by atoms with Crippen LogP contribution in [0.2, 0.25) is 0 Å². The van der Waals surface area contributed by atoms with Gasteiger partial charge in [0.2, 0.25) is 0 Å². The second-order valence-electron chi connectivity index (χ2n) is 6.11. The molecule has 3 nitrogen and oxygen atoms in total. The third-order valence-corrected chi connectivity index (χ3v) is 5.12. The molecule has 3 aliphatic rings. The molecule has 2 aliphatic carbocycles. The van der Waals surface area contributed by atoms with Gasteiger partial charge in [0.05, 0.1) is 5.92 Å². The predicted octanol–water partition coefficient (Wildman–Crippen LogP) is 2.28. The number of ether oxygens (including phenoxy) is 1. The average Bonchev–Trinajstić information content (AvgIpc) is 2.58. The maximum atomic E-state index is 12.2. The van der Waals surface area contributed by atoms with Gasteiger partial charge in [-0.3, -0.25) is 9.59 Å². The van der Waals surface area contributed by atoms with Gasteiger partial charge in [0.1, 0.15) is 6.10 Å². The maximum absolute atomic E-state index is 12.2. The molecule has 0 aromatic heterocycles. The Balaban J connectivity index is 1.98. The Labute approximate surface area is 107 Å². The van der Waals surface area contributed by atoms with Crippen LogP contribution in [0, 0.1) is 23.2 Å². The summed E-state index contributed by atoms with van der Waals surface area (Å²) < 4.78 is 5.43. The number of carbonyl (C=O) groups excluding carboxylic acids is 2. The van der Waals surface area contributed by atoms with Crippen molar-refractivity contribution in [3.05, 3.63) is 24.3 Å². The fourth-order valence-electron chi connectivity index (χ4n) is 3.80. The zero-order valence-corrected chi connectivity index (χ0v) is 10.8. The fourth-order valence-corrected chi connectivity index (χ4v) is 3.80. The molecule has 0 amide bonds. The van der Waals surface area contributed by atoms with Crippen molar-refractivity contribution in [3.8, 4) is 0 Å². The van der Waals surface area contributed by atoms with Gasteiger partial charge in [-0.2, -0.15) is 0 Å². The van der Waals surface area contributed by atoms with Crippen LogP contribution in [0.25, 0.3) is 0 Å². The van der Waals surface area contributed by atoms with Crippen LogP contribution in [0.1, 0.15) is 26.7 Å². The maximum Gasteiger partial charge on any atom is 0.309 e. The highest BCUT2D eigenvalue weighted by atomic mass is 16.6. The fraction of sp³-hybridized carbons (Fsp3) is 0.600. The number of esters is 1. The molecule has 3 heteroatoms. The van der Waals surface area contributed by atoms with Gasteiger partial charge in [-0.25, -0.2) is 0 Å². The molecular weight excluding hydrogens is 228 g/mol. The van der Waals surface area contributed by atoms with E-state index >= 15 is 0 Å². The monoisotopic (exact) mass is 246 g/mol. The molecular formula is C15H18O3. The summed E-state index contributed by atoms with van der Waals surface area (Å²) in [5.74, 6) is 0.389. The lowest BCUT2D eigenvalue weighted by molar-refractivity contribution is -0.147. The highest BCUT2D eigenvalue weighted by Crippen LogP contribution is 2.53. The van der Waals surface area contributed by atoms with Crippen molar-refractivity contribution in [2.75, 3.05) is 0 Å². The second-order valence-corrected chi connectivity index (χ2v) is 6.11. The van der Waals surface area contributed by atoms with E-state index in [-0.39, 0.29) is 35.6 Å². The molecule has 0 aromatic rings. The lowest BCUT2D eigenvalue weighted by Crippen LogP contribution is -2.47. The lowest BCUT2D eigenvalue weighted by Gasteiger charge is -2.46. The molecule has 0 radical (unpaired) electrons. The Morgan fingerprint density at radius 3 is 2.83 bits per heavy atom. The van der Waals surface area contributed by atoms with E-state index in [1.54, 1.807) is 6.08 Å². The van der Waals surface area contributed by atoms with Gasteiger partial charge < -0.3 is 4.74 Å². The number of hydrogen-bond acceptors (Lipinski definition) is 3. The first-order chi connectivity index (χ1) is 8.43. The van der Waals surface area contributed by atoms with Crippen LogP contribution in [-0.2, 0) is 14.3 Å². The van der Waals surface area contributed by atoms with Gasteiger partial charge in [0.15, 0.2) is 5.78 Å². The van der Waals surface area contributed by atoms with Crippen LogP contribution in [-0.4, -0.2) is 17.9 Å². The molecule has 0 N–H and O–H groups in total. The molecule has 2 fully saturated rings. The van der Waals surface area contributed by atoms with E-state index in [0.717, 1.165) is 12.0 Å². The zero-order valence-electron chi connectivity index (χ0n) is 10.8. The molecule has 3 rings (SSSR count). The minimum Gasteiger partial charge on any atom is -0.462 e. The number of fused-ring (bicyclic) bond motifs is 2. The number of carbonyl (C=O) groups is 2. The summed E-state index contributed by atoms with van der Waals surface area (Å²) in [7, 11) is 0. The van der Waals surface area contributed by atoms with Gasteiger partial charge in [-0.05, 0) is 24.8 Å². The van der Waals surface area contributed by atoms with Crippen LogP contribution in [0.5, 0.6) is 0 Å². The summed E-state index contributed by atoms with van der Waals surface area (Å²) in [5.41, 5.74) is 0.583. The summed E-state index contributed by atoms with van der Waals surface area (Å²) >= 11 is 0. The van der Waals surface area contributed by atoms with E-state index in [1.807, 2.05) is 19.9 Å². The Hall–Kier alpha value is -1.38.